The topological polar surface area (TPSA) is 50.4 Å². The molecule has 1 aliphatic rings. The molecule has 1 atom stereocenters. The highest BCUT2D eigenvalue weighted by Gasteiger charge is 2.29. The van der Waals surface area contributed by atoms with Crippen LogP contribution in [-0.4, -0.2) is 31.3 Å². The number of urea groups is 1. The Kier molecular flexibility index (Phi) is 3.14. The molecule has 0 aliphatic carbocycles. The summed E-state index contributed by atoms with van der Waals surface area (Å²) in [4.78, 5) is 11.0. The van der Waals surface area contributed by atoms with E-state index in [9.17, 15) is 4.79 Å². The minimum Gasteiger partial charge on any atom is -0.375 e. The molecule has 76 valence electrons. The maximum Gasteiger partial charge on any atom is 0.314 e. The van der Waals surface area contributed by atoms with Gasteiger partial charge in [0, 0.05) is 19.7 Å². The monoisotopic (exact) mass is 186 g/mol. The minimum absolute atomic E-state index is 0.107. The molecule has 1 aliphatic heterocycles. The van der Waals surface area contributed by atoms with E-state index in [0.717, 1.165) is 19.4 Å². The Hall–Kier alpha value is -0.770. The lowest BCUT2D eigenvalue weighted by Crippen LogP contribution is -2.48. The predicted octanol–water partition coefficient (Wildman–Crippen LogP) is 0.873. The third-order valence-electron chi connectivity index (χ3n) is 2.26. The number of hydrogen-bond donors (Lipinski definition) is 2. The van der Waals surface area contributed by atoms with Gasteiger partial charge in [0.25, 0.3) is 0 Å². The third kappa shape index (κ3) is 3.22. The van der Waals surface area contributed by atoms with Crippen molar-refractivity contribution in [3.63, 3.8) is 0 Å². The molecule has 1 unspecified atom stereocenters. The van der Waals surface area contributed by atoms with Crippen molar-refractivity contribution in [1.82, 2.24) is 10.6 Å². The van der Waals surface area contributed by atoms with Gasteiger partial charge in [0.05, 0.1) is 5.60 Å². The molecule has 0 radical (unpaired) electrons. The first kappa shape index (κ1) is 10.3. The van der Waals surface area contributed by atoms with Gasteiger partial charge in [-0.2, -0.15) is 0 Å². The molecule has 13 heavy (non-hydrogen) atoms. The highest BCUT2D eigenvalue weighted by Crippen LogP contribution is 2.23. The van der Waals surface area contributed by atoms with E-state index >= 15 is 0 Å². The largest absolute Gasteiger partial charge is 0.375 e. The number of carbonyl (C=O) groups excluding carboxylic acids is 1. The molecule has 0 saturated carbocycles. The van der Waals surface area contributed by atoms with Gasteiger partial charge in [-0.15, -0.1) is 0 Å². The second-order valence-electron chi connectivity index (χ2n) is 4.02. The van der Waals surface area contributed by atoms with E-state index in [-0.39, 0.29) is 17.7 Å². The smallest absolute Gasteiger partial charge is 0.314 e. The normalized spacial score (nSPS) is 26.5. The van der Waals surface area contributed by atoms with Crippen LogP contribution in [0.2, 0.25) is 0 Å². The van der Waals surface area contributed by atoms with Crippen molar-refractivity contribution >= 4 is 6.03 Å². The van der Waals surface area contributed by atoms with Crippen LogP contribution in [0.5, 0.6) is 0 Å². The average molecular weight is 186 g/mol. The molecular formula is C9H18N2O2. The van der Waals surface area contributed by atoms with Crippen molar-refractivity contribution in [3.05, 3.63) is 0 Å². The number of rotatable bonds is 1. The van der Waals surface area contributed by atoms with Crippen LogP contribution < -0.4 is 10.6 Å². The van der Waals surface area contributed by atoms with Crippen LogP contribution in [0.25, 0.3) is 0 Å². The Morgan fingerprint density at radius 1 is 1.54 bits per heavy atom. The maximum absolute atomic E-state index is 11.0. The molecule has 1 saturated heterocycles. The summed E-state index contributed by atoms with van der Waals surface area (Å²) >= 11 is 0. The van der Waals surface area contributed by atoms with Gasteiger partial charge >= 0.3 is 6.03 Å². The van der Waals surface area contributed by atoms with Crippen LogP contribution >= 0.6 is 0 Å². The Morgan fingerprint density at radius 2 is 2.23 bits per heavy atom. The highest BCUT2D eigenvalue weighted by atomic mass is 16.5. The summed E-state index contributed by atoms with van der Waals surface area (Å²) in [5.41, 5.74) is -0.107. The maximum atomic E-state index is 11.0. The Bertz CT molecular complexity index is 192. The van der Waals surface area contributed by atoms with Gasteiger partial charge in [0.15, 0.2) is 0 Å². The van der Waals surface area contributed by atoms with Crippen molar-refractivity contribution < 1.29 is 9.53 Å². The number of ether oxygens (including phenoxy) is 1. The lowest BCUT2D eigenvalue weighted by atomic mass is 9.94. The number of nitrogens with one attached hydrogen (secondary N) is 2. The first-order chi connectivity index (χ1) is 6.03. The van der Waals surface area contributed by atoms with E-state index < -0.39 is 0 Å². The van der Waals surface area contributed by atoms with E-state index in [2.05, 4.69) is 10.6 Å². The molecule has 1 rings (SSSR count). The quantitative estimate of drug-likeness (QED) is 0.638. The summed E-state index contributed by atoms with van der Waals surface area (Å²) < 4.78 is 5.54. The van der Waals surface area contributed by atoms with Gasteiger partial charge in [-0.3, -0.25) is 0 Å². The predicted molar refractivity (Wildman–Crippen MR) is 50.6 cm³/mol. The van der Waals surface area contributed by atoms with E-state index in [4.69, 9.17) is 4.74 Å². The summed E-state index contributed by atoms with van der Waals surface area (Å²) in [6, 6.07) is 0.131. The zero-order valence-electron chi connectivity index (χ0n) is 8.52. The van der Waals surface area contributed by atoms with Crippen molar-refractivity contribution in [2.75, 3.05) is 13.7 Å². The van der Waals surface area contributed by atoms with Crippen molar-refractivity contribution in [2.45, 2.75) is 38.3 Å². The molecule has 1 heterocycles. The number of hydrogen-bond acceptors (Lipinski definition) is 2. The second-order valence-corrected chi connectivity index (χ2v) is 4.02. The van der Waals surface area contributed by atoms with E-state index in [0.29, 0.717) is 0 Å². The van der Waals surface area contributed by atoms with Gasteiger partial charge in [0.2, 0.25) is 0 Å². The summed E-state index contributed by atoms with van der Waals surface area (Å²) in [6.07, 6.45) is 1.78. The fourth-order valence-corrected chi connectivity index (χ4v) is 1.61. The molecule has 0 aromatic heterocycles. The van der Waals surface area contributed by atoms with E-state index in [1.54, 1.807) is 7.05 Å². The third-order valence-corrected chi connectivity index (χ3v) is 2.26. The zero-order valence-corrected chi connectivity index (χ0v) is 8.52. The molecule has 0 spiro atoms. The van der Waals surface area contributed by atoms with Gasteiger partial charge in [0.1, 0.15) is 0 Å². The fourth-order valence-electron chi connectivity index (χ4n) is 1.61. The standard InChI is InChI=1S/C9H18N2O2/c1-9(2)6-7(4-5-13-9)11-8(12)10-3/h7H,4-6H2,1-3H3,(H2,10,11,12). The molecule has 0 bridgehead atoms. The fraction of sp³-hybridized carbons (Fsp3) is 0.889. The van der Waals surface area contributed by atoms with Gasteiger partial charge in [-0.1, -0.05) is 0 Å². The van der Waals surface area contributed by atoms with Crippen molar-refractivity contribution in [2.24, 2.45) is 0 Å². The Morgan fingerprint density at radius 3 is 2.77 bits per heavy atom. The lowest BCUT2D eigenvalue weighted by molar-refractivity contribution is -0.0611. The minimum atomic E-state index is -0.109. The van der Waals surface area contributed by atoms with Crippen LogP contribution in [0, 0.1) is 0 Å². The Balaban J connectivity index is 2.39. The lowest BCUT2D eigenvalue weighted by Gasteiger charge is -2.35. The van der Waals surface area contributed by atoms with E-state index in [1.807, 2.05) is 13.8 Å². The first-order valence-corrected chi connectivity index (χ1v) is 4.66. The van der Waals surface area contributed by atoms with Crippen LogP contribution in [-0.2, 0) is 4.74 Å². The zero-order chi connectivity index (χ0) is 9.90. The van der Waals surface area contributed by atoms with Gasteiger partial charge in [-0.05, 0) is 26.7 Å². The molecule has 2 N–H and O–H groups in total. The van der Waals surface area contributed by atoms with Crippen LogP contribution in [0.1, 0.15) is 26.7 Å². The average Bonchev–Trinajstić information content (AvgIpc) is 2.02. The molecular weight excluding hydrogens is 168 g/mol. The highest BCUT2D eigenvalue weighted by molar-refractivity contribution is 5.73. The number of carbonyl (C=O) groups is 1. The van der Waals surface area contributed by atoms with E-state index in [1.165, 1.54) is 0 Å². The summed E-state index contributed by atoms with van der Waals surface area (Å²) in [5, 5.41) is 5.44. The number of amides is 2. The SMILES string of the molecule is CNC(=O)NC1CCOC(C)(C)C1. The summed E-state index contributed by atoms with van der Waals surface area (Å²) in [6.45, 7) is 4.82. The molecule has 0 aromatic rings. The summed E-state index contributed by atoms with van der Waals surface area (Å²) in [7, 11) is 1.62. The second kappa shape index (κ2) is 3.96. The van der Waals surface area contributed by atoms with Gasteiger partial charge < -0.3 is 15.4 Å². The van der Waals surface area contributed by atoms with Crippen molar-refractivity contribution in [1.29, 1.82) is 0 Å². The summed E-state index contributed by atoms with van der Waals surface area (Å²) in [5.74, 6) is 0. The van der Waals surface area contributed by atoms with Gasteiger partial charge in [-0.25, -0.2) is 4.79 Å². The van der Waals surface area contributed by atoms with Crippen LogP contribution in [0.15, 0.2) is 0 Å². The van der Waals surface area contributed by atoms with Crippen molar-refractivity contribution in [3.8, 4) is 0 Å². The first-order valence-electron chi connectivity index (χ1n) is 4.66. The Labute approximate surface area is 79.0 Å². The molecule has 4 nitrogen and oxygen atoms in total. The molecule has 4 heteroatoms. The molecule has 2 amide bonds. The van der Waals surface area contributed by atoms with Crippen LogP contribution in [0.4, 0.5) is 4.79 Å². The van der Waals surface area contributed by atoms with Crippen LogP contribution in [0.3, 0.4) is 0 Å². The molecule has 1 fully saturated rings. The molecule has 0 aromatic carbocycles.